The van der Waals surface area contributed by atoms with E-state index >= 15 is 0 Å². The van der Waals surface area contributed by atoms with Gasteiger partial charge in [0.1, 0.15) is 0 Å². The third-order valence-electron chi connectivity index (χ3n) is 0. The molecule has 0 saturated heterocycles. The van der Waals surface area contributed by atoms with E-state index in [2.05, 4.69) is 0 Å². The molecule has 0 heterocycles. The van der Waals surface area contributed by atoms with Gasteiger partial charge in [-0.1, -0.05) is 0 Å². The van der Waals surface area contributed by atoms with Gasteiger partial charge in [-0.3, -0.25) is 0 Å². The fourth-order valence-corrected chi connectivity index (χ4v) is 0. The number of hydrogen-bond donors (Lipinski definition) is 0. The van der Waals surface area contributed by atoms with Crippen LogP contribution in [0.5, 0.6) is 0 Å². The third kappa shape index (κ3) is 8.93. The summed E-state index contributed by atoms with van der Waals surface area (Å²) in [4.78, 5) is 0. The van der Waals surface area contributed by atoms with E-state index in [1.165, 1.54) is 0 Å². The number of rotatable bonds is 0. The average molecular weight is 188 g/mol. The molecule has 0 aliphatic rings. The largest absolute Gasteiger partial charge is 0 e. The van der Waals surface area contributed by atoms with Gasteiger partial charge in [-0.15, -0.1) is 0 Å². The van der Waals surface area contributed by atoms with Gasteiger partial charge in [0.25, 0.3) is 0 Å². The van der Waals surface area contributed by atoms with Gasteiger partial charge in [-0.05, 0) is 0 Å². The van der Waals surface area contributed by atoms with Gasteiger partial charge in [0.15, 0.2) is 0 Å². The quantitative estimate of drug-likeness (QED) is 0.454. The molecule has 0 N–H and O–H groups in total. The van der Waals surface area contributed by atoms with Crippen LogP contribution in [0.15, 0.2) is 0 Å². The Bertz CT molecular complexity index is 8.00. The Labute approximate surface area is 68.6 Å². The van der Waals surface area contributed by atoms with Crippen LogP contribution in [0.2, 0.25) is 0 Å². The van der Waals surface area contributed by atoms with Gasteiger partial charge in [0.05, 0.1) is 0 Å². The summed E-state index contributed by atoms with van der Waals surface area (Å²) in [5.74, 6) is 0. The Morgan fingerprint density at radius 1 is 1.00 bits per heavy atom. The van der Waals surface area contributed by atoms with Gasteiger partial charge >= 0.3 is 0 Å². The van der Waals surface area contributed by atoms with Crippen molar-refractivity contribution in [3.63, 3.8) is 0 Å². The third-order valence-corrected chi connectivity index (χ3v) is 0. The Morgan fingerprint density at radius 3 is 1.00 bits per heavy atom. The molecule has 0 nitrogen and oxygen atoms in total. The van der Waals surface area contributed by atoms with Gasteiger partial charge in [-0.2, -0.15) is 0 Å². The molecule has 0 atom stereocenters. The van der Waals surface area contributed by atoms with E-state index in [9.17, 15) is 0 Å². The summed E-state index contributed by atoms with van der Waals surface area (Å²) in [6.07, 6.45) is 0. The van der Waals surface area contributed by atoms with Crippen molar-refractivity contribution in [3.8, 4) is 0 Å². The Hall–Kier alpha value is 2.12. The molecule has 0 aromatic heterocycles. The zero-order valence-corrected chi connectivity index (χ0v) is 4.92. The minimum atomic E-state index is 0. The monoisotopic (exact) mass is 187 g/mol. The number of hydrogen-bond acceptors (Lipinski definition) is 0. The second kappa shape index (κ2) is 19.4. The predicted molar refractivity (Wildman–Crippen MR) is 5.75 cm³/mol. The summed E-state index contributed by atoms with van der Waals surface area (Å²) in [5.41, 5.74) is 0. The Morgan fingerprint density at radius 2 is 1.00 bits per heavy atom. The molecule has 0 amide bonds. The first kappa shape index (κ1) is 35.7. The fraction of sp³-hybridized carbons (Fsp3) is 0. The van der Waals surface area contributed by atoms with Crippen LogP contribution in [0.25, 0.3) is 0 Å². The topological polar surface area (TPSA) is 0 Å². The summed E-state index contributed by atoms with van der Waals surface area (Å²) >= 11 is 0. The van der Waals surface area contributed by atoms with Crippen molar-refractivity contribution in [2.45, 2.75) is 0 Å². The zero-order chi connectivity index (χ0) is 0. The molecule has 0 saturated carbocycles. The van der Waals surface area contributed by atoms with Crippen LogP contribution in [0.1, 0.15) is 0 Å². The van der Waals surface area contributed by atoms with Crippen molar-refractivity contribution in [1.29, 1.82) is 0 Å². The van der Waals surface area contributed by atoms with Crippen LogP contribution in [-0.4, -0.2) is 18.9 Å². The summed E-state index contributed by atoms with van der Waals surface area (Å²) in [6.45, 7) is 0. The van der Waals surface area contributed by atoms with Crippen molar-refractivity contribution in [1.82, 2.24) is 0 Å². The van der Waals surface area contributed by atoms with Gasteiger partial charge < -0.3 is 0 Å². The van der Waals surface area contributed by atoms with Gasteiger partial charge in [-0.25, -0.2) is 0 Å². The smallest absolute Gasteiger partial charge is 0 e. The van der Waals surface area contributed by atoms with E-state index in [0.29, 0.717) is 0 Å². The second-order valence-corrected chi connectivity index (χ2v) is 0. The molecule has 0 aromatic carbocycles. The molecule has 3 radical (unpaired) electrons. The summed E-state index contributed by atoms with van der Waals surface area (Å²) in [7, 11) is 0. The molecular weight excluding hydrogens is 188 g/mol. The molecule has 0 bridgehead atoms. The van der Waals surface area contributed by atoms with E-state index < -0.39 is 0 Å². The van der Waals surface area contributed by atoms with E-state index in [4.69, 9.17) is 0 Å². The molecule has 4 heavy (non-hydrogen) atoms. The summed E-state index contributed by atoms with van der Waals surface area (Å²) in [5, 5.41) is 0. The van der Waals surface area contributed by atoms with Crippen LogP contribution < -0.4 is 0 Å². The molecule has 0 fully saturated rings. The first-order valence-corrected chi connectivity index (χ1v) is 0. The molecule has 31 valence electrons. The van der Waals surface area contributed by atoms with E-state index in [0.717, 1.165) is 0 Å². The molecule has 0 aliphatic heterocycles. The zero-order valence-electron chi connectivity index (χ0n) is 1.95. The van der Waals surface area contributed by atoms with E-state index in [1.54, 1.807) is 0 Å². The van der Waals surface area contributed by atoms with Crippen molar-refractivity contribution in [3.05, 3.63) is 0 Å². The first-order chi connectivity index (χ1) is 0. The van der Waals surface area contributed by atoms with Crippen LogP contribution in [0, 0.1) is 0 Å². The molecular formula is CoCuLiNi. The SMILES string of the molecule is [Co].[Cu].[Li].[Ni]. The van der Waals surface area contributed by atoms with E-state index in [-0.39, 0.29) is 69.2 Å². The predicted octanol–water partition coefficient (Wildman–Crippen LogP) is -0.388. The van der Waals surface area contributed by atoms with Crippen molar-refractivity contribution in [2.75, 3.05) is 0 Å². The maximum absolute atomic E-state index is 0. The Balaban J connectivity index is 0. The normalized spacial score (nSPS) is 0. The summed E-state index contributed by atoms with van der Waals surface area (Å²) < 4.78 is 0. The average Bonchev–Trinajstić information content (AvgIpc) is 0. The van der Waals surface area contributed by atoms with Crippen LogP contribution in [0.3, 0.4) is 0 Å². The molecule has 0 unspecified atom stereocenters. The minimum Gasteiger partial charge on any atom is 0 e. The fourth-order valence-electron chi connectivity index (χ4n) is 0. The van der Waals surface area contributed by atoms with Crippen molar-refractivity contribution < 1.29 is 50.3 Å². The second-order valence-electron chi connectivity index (χ2n) is 0. The minimum absolute atomic E-state index is 0. The maximum atomic E-state index is 0. The first-order valence-electron chi connectivity index (χ1n) is 0. The van der Waals surface area contributed by atoms with Crippen molar-refractivity contribution in [2.24, 2.45) is 0 Å². The molecule has 0 spiro atoms. The van der Waals surface area contributed by atoms with Gasteiger partial charge in [0.2, 0.25) is 0 Å². The molecule has 0 aromatic rings. The molecule has 0 rings (SSSR count). The Kier molecular flexibility index (Phi) is 173. The van der Waals surface area contributed by atoms with Crippen molar-refractivity contribution >= 4 is 18.9 Å². The van der Waals surface area contributed by atoms with Crippen LogP contribution >= 0.6 is 0 Å². The maximum Gasteiger partial charge on any atom is 0 e. The van der Waals surface area contributed by atoms with Crippen LogP contribution in [0.4, 0.5) is 0 Å². The molecule has 4 heteroatoms. The molecule has 0 aliphatic carbocycles. The van der Waals surface area contributed by atoms with E-state index in [1.807, 2.05) is 0 Å². The summed E-state index contributed by atoms with van der Waals surface area (Å²) in [6, 6.07) is 0. The van der Waals surface area contributed by atoms with Crippen LogP contribution in [-0.2, 0) is 50.3 Å². The van der Waals surface area contributed by atoms with Gasteiger partial charge in [0, 0.05) is 69.2 Å². The standard InChI is InChI=1S/Co.Cu.Li.Ni.